The maximum absolute atomic E-state index is 13.0. The van der Waals surface area contributed by atoms with Gasteiger partial charge >= 0.3 is 6.36 Å². The van der Waals surface area contributed by atoms with E-state index < -0.39 is 12.1 Å². The molecule has 3 aromatic rings. The molecule has 1 aromatic carbocycles. The van der Waals surface area contributed by atoms with Gasteiger partial charge in [-0.1, -0.05) is 0 Å². The number of benzene rings is 1. The number of nitrogens with one attached hydrogen (secondary N) is 1. The van der Waals surface area contributed by atoms with Gasteiger partial charge < -0.3 is 25.1 Å². The minimum Gasteiger partial charge on any atom is -0.406 e. The van der Waals surface area contributed by atoms with Crippen molar-refractivity contribution in [1.29, 1.82) is 0 Å². The summed E-state index contributed by atoms with van der Waals surface area (Å²) in [4.78, 5) is 27.1. The number of amides is 1. The molecule has 4 heterocycles. The van der Waals surface area contributed by atoms with Gasteiger partial charge in [0, 0.05) is 37.6 Å². The number of carbonyl (C=O) groups excluding carboxylic acids is 1. The smallest absolute Gasteiger partial charge is 0.406 e. The molecule has 0 spiro atoms. The lowest BCUT2D eigenvalue weighted by atomic mass is 9.89. The minimum absolute atomic E-state index is 0.0279. The maximum atomic E-state index is 13.0. The van der Waals surface area contributed by atoms with Crippen LogP contribution < -0.4 is 10.5 Å². The van der Waals surface area contributed by atoms with E-state index in [-0.39, 0.29) is 29.2 Å². The zero-order chi connectivity index (χ0) is 23.9. The lowest BCUT2D eigenvalue weighted by Crippen LogP contribution is -2.38. The van der Waals surface area contributed by atoms with Gasteiger partial charge in [-0.25, -0.2) is 9.97 Å². The lowest BCUT2D eigenvalue weighted by molar-refractivity contribution is -0.274. The van der Waals surface area contributed by atoms with E-state index >= 15 is 0 Å². The van der Waals surface area contributed by atoms with Crippen LogP contribution in [-0.4, -0.2) is 51.8 Å². The van der Waals surface area contributed by atoms with Gasteiger partial charge in [0.05, 0.1) is 5.56 Å². The van der Waals surface area contributed by atoms with E-state index in [4.69, 9.17) is 15.5 Å². The van der Waals surface area contributed by atoms with E-state index in [1.54, 1.807) is 11.1 Å². The van der Waals surface area contributed by atoms with Crippen LogP contribution in [0.3, 0.4) is 0 Å². The molecule has 0 saturated carbocycles. The van der Waals surface area contributed by atoms with E-state index in [1.165, 1.54) is 6.07 Å². The average Bonchev–Trinajstić information content (AvgIpc) is 3.47. The Morgan fingerprint density at radius 1 is 1.21 bits per heavy atom. The number of hydrogen-bond acceptors (Lipinski definition) is 6. The lowest BCUT2D eigenvalue weighted by Gasteiger charge is -2.32. The molecule has 0 radical (unpaired) electrons. The number of imidazole rings is 1. The van der Waals surface area contributed by atoms with Gasteiger partial charge in [-0.15, -0.1) is 13.2 Å². The zero-order valence-electron chi connectivity index (χ0n) is 18.3. The van der Waals surface area contributed by atoms with Crippen molar-refractivity contribution in [1.82, 2.24) is 19.9 Å². The van der Waals surface area contributed by atoms with Gasteiger partial charge in [-0.05, 0) is 55.4 Å². The largest absolute Gasteiger partial charge is 0.573 e. The summed E-state index contributed by atoms with van der Waals surface area (Å²) in [5.41, 5.74) is 8.62. The van der Waals surface area contributed by atoms with Crippen molar-refractivity contribution >= 4 is 22.8 Å². The first-order chi connectivity index (χ1) is 16.3. The number of nitrogen functional groups attached to an aromatic ring is 1. The first kappa shape index (κ1) is 22.5. The van der Waals surface area contributed by atoms with Gasteiger partial charge in [0.1, 0.15) is 23.2 Å². The molecular weight excluding hydrogens is 451 g/mol. The molecule has 0 bridgehead atoms. The SMILES string of the molecule is Nc1cc(OC(F)(F)F)ccc1C(=O)N1CCC(c2ccnc3[nH]c([C@H]4CCCO4)nc23)CC1. The summed E-state index contributed by atoms with van der Waals surface area (Å²) in [5, 5.41) is 0. The number of likely N-dealkylation sites (tertiary alicyclic amines) is 1. The number of nitrogens with zero attached hydrogens (tertiary/aromatic N) is 3. The van der Waals surface area contributed by atoms with Crippen LogP contribution in [0.2, 0.25) is 0 Å². The van der Waals surface area contributed by atoms with Crippen LogP contribution in [0.25, 0.3) is 11.2 Å². The summed E-state index contributed by atoms with van der Waals surface area (Å²) >= 11 is 0. The molecule has 2 aromatic heterocycles. The predicted molar refractivity (Wildman–Crippen MR) is 117 cm³/mol. The fourth-order valence-electron chi connectivity index (χ4n) is 4.72. The van der Waals surface area contributed by atoms with Crippen molar-refractivity contribution in [3.05, 3.63) is 47.4 Å². The van der Waals surface area contributed by atoms with Crippen molar-refractivity contribution < 1.29 is 27.4 Å². The number of aromatic amines is 1. The predicted octanol–water partition coefficient (Wildman–Crippen LogP) is 4.31. The molecule has 8 nitrogen and oxygen atoms in total. The Morgan fingerprint density at radius 2 is 2.00 bits per heavy atom. The molecule has 1 atom stereocenters. The number of ether oxygens (including phenoxy) is 2. The Bertz CT molecular complexity index is 1200. The Hall–Kier alpha value is -3.34. The molecular formula is C23H24F3N5O3. The first-order valence-corrected chi connectivity index (χ1v) is 11.2. The Kier molecular flexibility index (Phi) is 5.80. The number of nitrogens with two attached hydrogens (primary N) is 1. The van der Waals surface area contributed by atoms with E-state index in [0.717, 1.165) is 67.0 Å². The topological polar surface area (TPSA) is 106 Å². The highest BCUT2D eigenvalue weighted by Gasteiger charge is 2.32. The van der Waals surface area contributed by atoms with Crippen LogP contribution in [0.1, 0.15) is 59.5 Å². The van der Waals surface area contributed by atoms with E-state index in [0.29, 0.717) is 13.1 Å². The molecule has 1 amide bonds. The summed E-state index contributed by atoms with van der Waals surface area (Å²) in [5.74, 6) is 0.238. The zero-order valence-corrected chi connectivity index (χ0v) is 18.3. The molecule has 2 fully saturated rings. The van der Waals surface area contributed by atoms with Crippen molar-refractivity contribution in [3.63, 3.8) is 0 Å². The van der Waals surface area contributed by atoms with Crippen LogP contribution in [0.15, 0.2) is 30.5 Å². The third kappa shape index (κ3) is 4.52. The molecule has 180 valence electrons. The van der Waals surface area contributed by atoms with Gasteiger partial charge in [0.15, 0.2) is 5.65 Å². The number of hydrogen-bond donors (Lipinski definition) is 2. The van der Waals surface area contributed by atoms with Crippen molar-refractivity contribution in [2.75, 3.05) is 25.4 Å². The molecule has 2 saturated heterocycles. The maximum Gasteiger partial charge on any atom is 0.573 e. The monoisotopic (exact) mass is 475 g/mol. The number of halogens is 3. The quantitative estimate of drug-likeness (QED) is 0.545. The third-order valence-electron chi connectivity index (χ3n) is 6.38. The molecule has 11 heteroatoms. The number of piperidine rings is 1. The highest BCUT2D eigenvalue weighted by molar-refractivity contribution is 5.99. The van der Waals surface area contributed by atoms with Crippen LogP contribution in [0.4, 0.5) is 18.9 Å². The second-order valence-corrected chi connectivity index (χ2v) is 8.58. The van der Waals surface area contributed by atoms with Crippen LogP contribution in [0.5, 0.6) is 5.75 Å². The fourth-order valence-corrected chi connectivity index (χ4v) is 4.72. The number of carbonyl (C=O) groups is 1. The number of H-pyrrole nitrogens is 1. The average molecular weight is 475 g/mol. The Balaban J connectivity index is 1.28. The Morgan fingerprint density at radius 3 is 2.68 bits per heavy atom. The van der Waals surface area contributed by atoms with E-state index in [9.17, 15) is 18.0 Å². The van der Waals surface area contributed by atoms with Crippen LogP contribution >= 0.6 is 0 Å². The summed E-state index contributed by atoms with van der Waals surface area (Å²) < 4.78 is 46.9. The number of anilines is 1. The van der Waals surface area contributed by atoms with Crippen LogP contribution in [0, 0.1) is 0 Å². The summed E-state index contributed by atoms with van der Waals surface area (Å²) in [7, 11) is 0. The molecule has 0 aliphatic carbocycles. The molecule has 34 heavy (non-hydrogen) atoms. The number of pyridine rings is 1. The standard InChI is InChI=1S/C23H24F3N5O3/c24-23(25,26)34-14-3-4-16(17(27)12-14)22(32)31-9-6-13(7-10-31)15-5-8-28-21-19(15)29-20(30-21)18-2-1-11-33-18/h3-5,8,12-13,18H,1-2,6-7,9-11,27H2,(H,28,29,30)/t18-/m1/s1. The number of aromatic nitrogens is 3. The first-order valence-electron chi connectivity index (χ1n) is 11.2. The normalized spacial score (nSPS) is 19.6. The van der Waals surface area contributed by atoms with Gasteiger partial charge in [-0.2, -0.15) is 0 Å². The Labute approximate surface area is 193 Å². The minimum atomic E-state index is -4.82. The van der Waals surface area contributed by atoms with Gasteiger partial charge in [0.25, 0.3) is 5.91 Å². The molecule has 2 aliphatic rings. The van der Waals surface area contributed by atoms with E-state index in [2.05, 4.69) is 14.7 Å². The highest BCUT2D eigenvalue weighted by atomic mass is 19.4. The second-order valence-electron chi connectivity index (χ2n) is 8.58. The number of alkyl halides is 3. The summed E-state index contributed by atoms with van der Waals surface area (Å²) in [6, 6.07) is 5.36. The molecule has 0 unspecified atom stereocenters. The summed E-state index contributed by atoms with van der Waals surface area (Å²) in [6.07, 6.45) is 0.304. The second kappa shape index (κ2) is 8.79. The van der Waals surface area contributed by atoms with E-state index in [1.807, 2.05) is 6.07 Å². The molecule has 3 N–H and O–H groups in total. The van der Waals surface area contributed by atoms with Crippen LogP contribution in [-0.2, 0) is 4.74 Å². The third-order valence-corrected chi connectivity index (χ3v) is 6.38. The van der Waals surface area contributed by atoms with Crippen molar-refractivity contribution in [2.45, 2.75) is 44.1 Å². The van der Waals surface area contributed by atoms with Gasteiger partial charge in [0.2, 0.25) is 0 Å². The number of rotatable bonds is 4. The molecule has 5 rings (SSSR count). The number of fused-ring (bicyclic) bond motifs is 1. The van der Waals surface area contributed by atoms with Gasteiger partial charge in [-0.3, -0.25) is 4.79 Å². The van der Waals surface area contributed by atoms with Crippen molar-refractivity contribution in [2.24, 2.45) is 0 Å². The highest BCUT2D eigenvalue weighted by Crippen LogP contribution is 2.35. The molecule has 2 aliphatic heterocycles. The van der Waals surface area contributed by atoms with Crippen molar-refractivity contribution in [3.8, 4) is 5.75 Å². The fraction of sp³-hybridized carbons (Fsp3) is 0.435. The summed E-state index contributed by atoms with van der Waals surface area (Å²) in [6.45, 7) is 1.73.